The van der Waals surface area contributed by atoms with Crippen LogP contribution < -0.4 is 10.6 Å². The first-order valence-corrected chi connectivity index (χ1v) is 9.37. The van der Waals surface area contributed by atoms with Crippen LogP contribution in [0.1, 0.15) is 49.0 Å². The van der Waals surface area contributed by atoms with E-state index < -0.39 is 0 Å². The van der Waals surface area contributed by atoms with Crippen LogP contribution >= 0.6 is 24.0 Å². The highest BCUT2D eigenvalue weighted by atomic mass is 127. The van der Waals surface area contributed by atoms with Crippen LogP contribution in [0.15, 0.2) is 23.5 Å². The number of aliphatic imine (C=N–C) groups is 1. The van der Waals surface area contributed by atoms with E-state index >= 15 is 0 Å². The molecule has 1 aliphatic rings. The summed E-state index contributed by atoms with van der Waals surface area (Å²) in [4.78, 5) is 13.2. The van der Waals surface area contributed by atoms with Crippen molar-refractivity contribution in [2.75, 3.05) is 13.6 Å². The van der Waals surface area contributed by atoms with Crippen molar-refractivity contribution < 1.29 is 0 Å². The molecule has 0 amide bonds. The summed E-state index contributed by atoms with van der Waals surface area (Å²) >= 11 is 0. The smallest absolute Gasteiger partial charge is 0.191 e. The molecule has 8 heteroatoms. The first-order valence-electron chi connectivity index (χ1n) is 9.37. The highest BCUT2D eigenvalue weighted by molar-refractivity contribution is 14.0. The second kappa shape index (κ2) is 10.0. The molecule has 0 fully saturated rings. The Balaban J connectivity index is 0.00000261. The third-order valence-corrected chi connectivity index (χ3v) is 4.78. The second-order valence-corrected chi connectivity index (χ2v) is 7.15. The molecule has 3 heterocycles. The summed E-state index contributed by atoms with van der Waals surface area (Å²) in [7, 11) is 1.81. The SMILES string of the molecule is CN=C(NCCc1ccncc1C)NC1CCc2nc(C(C)C)nn2C1.I. The number of aromatic nitrogens is 4. The molecule has 2 aromatic rings. The molecule has 1 unspecified atom stereocenters. The standard InChI is InChI=1S/C19H29N7.HI/c1-13(2)18-24-17-6-5-16(12-26(17)25-18)23-19(20-4)22-10-8-15-7-9-21-11-14(15)3;/h7,9,11,13,16H,5-6,8,10,12H2,1-4H3,(H2,20,22,23);1H. The van der Waals surface area contributed by atoms with Crippen molar-refractivity contribution in [3.05, 3.63) is 41.2 Å². The van der Waals surface area contributed by atoms with E-state index in [4.69, 9.17) is 0 Å². The maximum Gasteiger partial charge on any atom is 0.191 e. The van der Waals surface area contributed by atoms with Crippen molar-refractivity contribution in [2.45, 2.75) is 58.5 Å². The summed E-state index contributed by atoms with van der Waals surface area (Å²) in [5, 5.41) is 11.6. The third kappa shape index (κ3) is 5.63. The van der Waals surface area contributed by atoms with Crippen molar-refractivity contribution in [3.63, 3.8) is 0 Å². The van der Waals surface area contributed by atoms with Crippen LogP contribution in [0.3, 0.4) is 0 Å². The first-order chi connectivity index (χ1) is 12.6. The zero-order chi connectivity index (χ0) is 18.5. The lowest BCUT2D eigenvalue weighted by Gasteiger charge is -2.25. The number of fused-ring (bicyclic) bond motifs is 1. The average Bonchev–Trinajstić information content (AvgIpc) is 3.06. The predicted octanol–water partition coefficient (Wildman–Crippen LogP) is 2.45. The molecule has 7 nitrogen and oxygen atoms in total. The summed E-state index contributed by atoms with van der Waals surface area (Å²) in [6.07, 6.45) is 6.69. The molecule has 0 bridgehead atoms. The van der Waals surface area contributed by atoms with Gasteiger partial charge in [-0.2, -0.15) is 5.10 Å². The molecule has 0 spiro atoms. The number of hydrogen-bond acceptors (Lipinski definition) is 4. The first kappa shape index (κ1) is 21.6. The lowest BCUT2D eigenvalue weighted by molar-refractivity contribution is 0.391. The highest BCUT2D eigenvalue weighted by Crippen LogP contribution is 2.16. The summed E-state index contributed by atoms with van der Waals surface area (Å²) < 4.78 is 2.05. The van der Waals surface area contributed by atoms with E-state index in [1.165, 1.54) is 11.1 Å². The zero-order valence-corrected chi connectivity index (χ0v) is 18.9. The predicted molar refractivity (Wildman–Crippen MR) is 119 cm³/mol. The molecule has 0 aromatic carbocycles. The van der Waals surface area contributed by atoms with E-state index in [1.54, 1.807) is 0 Å². The number of guanidine groups is 1. The quantitative estimate of drug-likeness (QED) is 0.388. The minimum Gasteiger partial charge on any atom is -0.356 e. The number of rotatable bonds is 5. The van der Waals surface area contributed by atoms with Crippen LogP contribution in [0.2, 0.25) is 0 Å². The van der Waals surface area contributed by atoms with Gasteiger partial charge in [0.15, 0.2) is 11.8 Å². The Morgan fingerprint density at radius 2 is 2.22 bits per heavy atom. The van der Waals surface area contributed by atoms with Crippen molar-refractivity contribution in [2.24, 2.45) is 4.99 Å². The molecule has 2 aromatic heterocycles. The molecule has 1 atom stereocenters. The van der Waals surface area contributed by atoms with Gasteiger partial charge in [0, 0.05) is 44.4 Å². The van der Waals surface area contributed by atoms with Crippen LogP contribution in [0.25, 0.3) is 0 Å². The second-order valence-electron chi connectivity index (χ2n) is 7.15. The summed E-state index contributed by atoms with van der Waals surface area (Å²) in [6.45, 7) is 8.03. The minimum absolute atomic E-state index is 0. The maximum absolute atomic E-state index is 4.65. The molecule has 27 heavy (non-hydrogen) atoms. The van der Waals surface area contributed by atoms with Gasteiger partial charge in [-0.1, -0.05) is 13.8 Å². The molecule has 2 N–H and O–H groups in total. The van der Waals surface area contributed by atoms with Gasteiger partial charge >= 0.3 is 0 Å². The van der Waals surface area contributed by atoms with Crippen molar-refractivity contribution in [3.8, 4) is 0 Å². The summed E-state index contributed by atoms with van der Waals surface area (Å²) in [5.41, 5.74) is 2.54. The molecule has 1 aliphatic heterocycles. The molecular formula is C19H30IN7. The third-order valence-electron chi connectivity index (χ3n) is 4.78. The van der Waals surface area contributed by atoms with Crippen molar-refractivity contribution in [1.82, 2.24) is 30.4 Å². The van der Waals surface area contributed by atoms with Gasteiger partial charge in [0.1, 0.15) is 5.82 Å². The monoisotopic (exact) mass is 483 g/mol. The van der Waals surface area contributed by atoms with E-state index in [0.717, 1.165) is 50.0 Å². The Kier molecular flexibility index (Phi) is 8.00. The highest BCUT2D eigenvalue weighted by Gasteiger charge is 2.23. The maximum atomic E-state index is 4.65. The number of halogens is 1. The van der Waals surface area contributed by atoms with E-state index in [-0.39, 0.29) is 24.0 Å². The van der Waals surface area contributed by atoms with E-state index in [0.29, 0.717) is 12.0 Å². The largest absolute Gasteiger partial charge is 0.356 e. The fourth-order valence-electron chi connectivity index (χ4n) is 3.18. The van der Waals surface area contributed by atoms with Gasteiger partial charge in [-0.25, -0.2) is 9.67 Å². The summed E-state index contributed by atoms with van der Waals surface area (Å²) in [6, 6.07) is 2.39. The van der Waals surface area contributed by atoms with Crippen LogP contribution in [0.5, 0.6) is 0 Å². The van der Waals surface area contributed by atoms with Crippen LogP contribution in [0, 0.1) is 6.92 Å². The summed E-state index contributed by atoms with van der Waals surface area (Å²) in [5.74, 6) is 3.25. The van der Waals surface area contributed by atoms with Gasteiger partial charge in [0.05, 0.1) is 6.54 Å². The normalized spacial score (nSPS) is 16.6. The number of nitrogens with zero attached hydrogens (tertiary/aromatic N) is 5. The van der Waals surface area contributed by atoms with Crippen LogP contribution in [-0.4, -0.2) is 45.3 Å². The molecular weight excluding hydrogens is 453 g/mol. The lowest BCUT2D eigenvalue weighted by atomic mass is 10.1. The van der Waals surface area contributed by atoms with Gasteiger partial charge in [0.2, 0.25) is 0 Å². The number of pyridine rings is 1. The topological polar surface area (TPSA) is 80.0 Å². The van der Waals surface area contributed by atoms with Gasteiger partial charge in [-0.3, -0.25) is 9.98 Å². The Labute approximate surface area is 178 Å². The van der Waals surface area contributed by atoms with Gasteiger partial charge in [-0.15, -0.1) is 24.0 Å². The molecule has 0 saturated carbocycles. The van der Waals surface area contributed by atoms with Crippen LogP contribution in [0.4, 0.5) is 0 Å². The number of nitrogens with one attached hydrogen (secondary N) is 2. The Morgan fingerprint density at radius 1 is 1.41 bits per heavy atom. The van der Waals surface area contributed by atoms with E-state index in [9.17, 15) is 0 Å². The molecule has 148 valence electrons. The fourth-order valence-corrected chi connectivity index (χ4v) is 3.18. The van der Waals surface area contributed by atoms with Gasteiger partial charge < -0.3 is 10.6 Å². The van der Waals surface area contributed by atoms with Gasteiger partial charge in [0.25, 0.3) is 0 Å². The molecule has 0 aliphatic carbocycles. The minimum atomic E-state index is 0. The molecule has 0 radical (unpaired) electrons. The Morgan fingerprint density at radius 3 is 2.93 bits per heavy atom. The Hall–Kier alpha value is -1.71. The van der Waals surface area contributed by atoms with E-state index in [1.807, 2.05) is 24.1 Å². The van der Waals surface area contributed by atoms with Crippen molar-refractivity contribution >= 4 is 29.9 Å². The fraction of sp³-hybridized carbons (Fsp3) is 0.579. The molecule has 3 rings (SSSR count). The van der Waals surface area contributed by atoms with E-state index in [2.05, 4.69) is 57.5 Å². The number of hydrogen-bond donors (Lipinski definition) is 2. The van der Waals surface area contributed by atoms with Crippen molar-refractivity contribution in [1.29, 1.82) is 0 Å². The molecule has 0 saturated heterocycles. The van der Waals surface area contributed by atoms with Crippen LogP contribution in [-0.2, 0) is 19.4 Å². The average molecular weight is 483 g/mol. The lowest BCUT2D eigenvalue weighted by Crippen LogP contribution is -2.47. The zero-order valence-electron chi connectivity index (χ0n) is 16.6. The van der Waals surface area contributed by atoms with Gasteiger partial charge in [-0.05, 0) is 37.0 Å². The number of aryl methyl sites for hydroxylation is 2. The Bertz CT molecular complexity index is 769.